The number of carbonyl (C=O) groups is 2. The number of hydrogen-bond acceptors (Lipinski definition) is 4. The zero-order chi connectivity index (χ0) is 18.7. The van der Waals surface area contributed by atoms with Crippen molar-refractivity contribution in [3.05, 3.63) is 58.7 Å². The van der Waals surface area contributed by atoms with Crippen LogP contribution in [0.15, 0.2) is 36.4 Å². The van der Waals surface area contributed by atoms with Crippen LogP contribution in [0.1, 0.15) is 28.2 Å². The van der Waals surface area contributed by atoms with Crippen LogP contribution >= 0.6 is 11.8 Å². The van der Waals surface area contributed by atoms with Crippen molar-refractivity contribution >= 4 is 29.3 Å². The highest BCUT2D eigenvalue weighted by molar-refractivity contribution is 7.99. The van der Waals surface area contributed by atoms with Crippen LogP contribution in [0.25, 0.3) is 0 Å². The fourth-order valence-corrected chi connectivity index (χ4v) is 3.61. The van der Waals surface area contributed by atoms with Gasteiger partial charge in [0.05, 0.1) is 5.75 Å². The minimum absolute atomic E-state index is 0.0611. The van der Waals surface area contributed by atoms with Gasteiger partial charge in [-0.3, -0.25) is 9.59 Å². The second-order valence-electron chi connectivity index (χ2n) is 6.41. The summed E-state index contributed by atoms with van der Waals surface area (Å²) in [5.41, 5.74) is 4.91. The standard InChI is InChI=1S/C20H21NO4S/c1-12-6-16-17(9-25-18(16)7-13(12)2)20(24)21-15-5-3-4-14(8-15)10-26-11-19(22)23/h3-8,17H,9-11H2,1-2H3,(H,21,24)(H,22,23). The summed E-state index contributed by atoms with van der Waals surface area (Å²) >= 11 is 1.33. The number of anilines is 1. The minimum Gasteiger partial charge on any atom is -0.492 e. The Balaban J connectivity index is 1.68. The normalized spacial score (nSPS) is 15.2. The van der Waals surface area contributed by atoms with Crippen molar-refractivity contribution in [1.82, 2.24) is 0 Å². The lowest BCUT2D eigenvalue weighted by Gasteiger charge is -2.12. The van der Waals surface area contributed by atoms with Crippen molar-refractivity contribution < 1.29 is 19.4 Å². The molecule has 1 aliphatic rings. The number of amides is 1. The molecule has 26 heavy (non-hydrogen) atoms. The van der Waals surface area contributed by atoms with Crippen molar-refractivity contribution in [2.24, 2.45) is 0 Å². The van der Waals surface area contributed by atoms with Gasteiger partial charge in [-0.25, -0.2) is 0 Å². The first-order chi connectivity index (χ1) is 12.4. The zero-order valence-electron chi connectivity index (χ0n) is 14.7. The molecule has 2 N–H and O–H groups in total. The summed E-state index contributed by atoms with van der Waals surface area (Å²) in [6.45, 7) is 4.40. The van der Waals surface area contributed by atoms with Gasteiger partial charge in [-0.15, -0.1) is 11.8 Å². The second-order valence-corrected chi connectivity index (χ2v) is 7.40. The molecule has 0 saturated carbocycles. The molecule has 2 aromatic rings. The maximum absolute atomic E-state index is 12.7. The Hall–Kier alpha value is -2.47. The molecule has 3 rings (SSSR count). The van der Waals surface area contributed by atoms with E-state index in [9.17, 15) is 9.59 Å². The topological polar surface area (TPSA) is 75.6 Å². The molecule has 0 aromatic heterocycles. The summed E-state index contributed by atoms with van der Waals surface area (Å²) in [5.74, 6) is 0.184. The number of rotatable bonds is 6. The number of carbonyl (C=O) groups excluding carboxylic acids is 1. The fraction of sp³-hybridized carbons (Fsp3) is 0.300. The number of nitrogens with one attached hydrogen (secondary N) is 1. The lowest BCUT2D eigenvalue weighted by Crippen LogP contribution is -2.22. The maximum atomic E-state index is 12.7. The van der Waals surface area contributed by atoms with Crippen LogP contribution in [-0.2, 0) is 15.3 Å². The lowest BCUT2D eigenvalue weighted by molar-refractivity contribution is -0.133. The van der Waals surface area contributed by atoms with Gasteiger partial charge in [0.15, 0.2) is 0 Å². The summed E-state index contributed by atoms with van der Waals surface area (Å²) < 4.78 is 5.69. The lowest BCUT2D eigenvalue weighted by atomic mass is 9.96. The molecule has 1 atom stereocenters. The van der Waals surface area contributed by atoms with Gasteiger partial charge >= 0.3 is 5.97 Å². The van der Waals surface area contributed by atoms with E-state index in [0.717, 1.165) is 28.0 Å². The van der Waals surface area contributed by atoms with Gasteiger partial charge in [0.2, 0.25) is 5.91 Å². The van der Waals surface area contributed by atoms with Gasteiger partial charge in [-0.2, -0.15) is 0 Å². The number of aryl methyl sites for hydroxylation is 2. The molecule has 0 bridgehead atoms. The summed E-state index contributed by atoms with van der Waals surface area (Å²) in [5, 5.41) is 11.7. The summed E-state index contributed by atoms with van der Waals surface area (Å²) in [4.78, 5) is 23.3. The van der Waals surface area contributed by atoms with Crippen LogP contribution in [0.2, 0.25) is 0 Å². The van der Waals surface area contributed by atoms with Crippen molar-refractivity contribution in [2.45, 2.75) is 25.5 Å². The van der Waals surface area contributed by atoms with E-state index in [1.807, 2.05) is 50.2 Å². The summed E-state index contributed by atoms with van der Waals surface area (Å²) in [6, 6.07) is 11.5. The number of fused-ring (bicyclic) bond motifs is 1. The van der Waals surface area contributed by atoms with Gasteiger partial charge in [0.25, 0.3) is 0 Å². The van der Waals surface area contributed by atoms with Crippen molar-refractivity contribution in [2.75, 3.05) is 17.7 Å². The molecule has 0 saturated heterocycles. The van der Waals surface area contributed by atoms with Crippen molar-refractivity contribution in [3.8, 4) is 5.75 Å². The number of carboxylic acid groups (broad SMARTS) is 1. The average Bonchev–Trinajstić information content (AvgIpc) is 2.98. The molecule has 1 aliphatic heterocycles. The minimum atomic E-state index is -0.829. The highest BCUT2D eigenvalue weighted by Gasteiger charge is 2.31. The molecule has 0 spiro atoms. The average molecular weight is 371 g/mol. The maximum Gasteiger partial charge on any atom is 0.313 e. The summed E-state index contributed by atoms with van der Waals surface area (Å²) in [7, 11) is 0. The van der Waals surface area contributed by atoms with E-state index in [0.29, 0.717) is 18.0 Å². The van der Waals surface area contributed by atoms with Gasteiger partial charge in [0.1, 0.15) is 18.3 Å². The number of carboxylic acids is 1. The zero-order valence-corrected chi connectivity index (χ0v) is 15.6. The Kier molecular flexibility index (Phi) is 5.52. The van der Waals surface area contributed by atoms with Crippen LogP contribution in [0, 0.1) is 13.8 Å². The van der Waals surface area contributed by atoms with E-state index >= 15 is 0 Å². The third-order valence-electron chi connectivity index (χ3n) is 4.41. The molecule has 136 valence electrons. The van der Waals surface area contributed by atoms with Gasteiger partial charge in [0, 0.05) is 17.0 Å². The Morgan fingerprint density at radius 2 is 2.00 bits per heavy atom. The summed E-state index contributed by atoms with van der Waals surface area (Å²) in [6.07, 6.45) is 0. The number of aliphatic carboxylic acids is 1. The molecule has 5 nitrogen and oxygen atoms in total. The molecular weight excluding hydrogens is 350 g/mol. The number of benzene rings is 2. The van der Waals surface area contributed by atoms with Gasteiger partial charge in [-0.05, 0) is 48.7 Å². The predicted molar refractivity (Wildman–Crippen MR) is 103 cm³/mol. The van der Waals surface area contributed by atoms with E-state index in [-0.39, 0.29) is 17.6 Å². The Labute approximate surface area is 156 Å². The van der Waals surface area contributed by atoms with Crippen LogP contribution in [0.5, 0.6) is 5.75 Å². The molecular formula is C20H21NO4S. The van der Waals surface area contributed by atoms with Crippen LogP contribution in [0.4, 0.5) is 5.69 Å². The smallest absolute Gasteiger partial charge is 0.313 e. The van der Waals surface area contributed by atoms with Crippen LogP contribution < -0.4 is 10.1 Å². The number of thioether (sulfide) groups is 1. The first kappa shape index (κ1) is 18.3. The molecule has 0 radical (unpaired) electrons. The monoisotopic (exact) mass is 371 g/mol. The van der Waals surface area contributed by atoms with Crippen LogP contribution in [-0.4, -0.2) is 29.3 Å². The predicted octanol–water partition coefficient (Wildman–Crippen LogP) is 3.74. The van der Waals surface area contributed by atoms with E-state index in [4.69, 9.17) is 9.84 Å². The Bertz CT molecular complexity index is 850. The quantitative estimate of drug-likeness (QED) is 0.809. The molecule has 0 aliphatic carbocycles. The molecule has 1 heterocycles. The molecule has 1 amide bonds. The van der Waals surface area contributed by atoms with E-state index in [1.165, 1.54) is 11.8 Å². The van der Waals surface area contributed by atoms with Crippen LogP contribution in [0.3, 0.4) is 0 Å². The first-order valence-corrected chi connectivity index (χ1v) is 9.53. The highest BCUT2D eigenvalue weighted by atomic mass is 32.2. The number of hydrogen-bond donors (Lipinski definition) is 2. The SMILES string of the molecule is Cc1cc2c(cc1C)C(C(=O)Nc1cccc(CSCC(=O)O)c1)CO2. The second kappa shape index (κ2) is 7.83. The van der Waals surface area contributed by atoms with Crippen molar-refractivity contribution in [3.63, 3.8) is 0 Å². The third kappa shape index (κ3) is 4.19. The fourth-order valence-electron chi connectivity index (χ4n) is 2.91. The largest absolute Gasteiger partial charge is 0.492 e. The van der Waals surface area contributed by atoms with E-state index in [2.05, 4.69) is 5.32 Å². The Morgan fingerprint density at radius 3 is 2.77 bits per heavy atom. The third-order valence-corrected chi connectivity index (χ3v) is 5.40. The highest BCUT2D eigenvalue weighted by Crippen LogP contribution is 2.36. The van der Waals surface area contributed by atoms with Gasteiger partial charge < -0.3 is 15.2 Å². The van der Waals surface area contributed by atoms with E-state index < -0.39 is 5.97 Å². The first-order valence-electron chi connectivity index (χ1n) is 8.37. The van der Waals surface area contributed by atoms with Crippen molar-refractivity contribution in [1.29, 1.82) is 0 Å². The Morgan fingerprint density at radius 1 is 1.23 bits per heavy atom. The molecule has 2 aromatic carbocycles. The molecule has 0 fully saturated rings. The molecule has 1 unspecified atom stereocenters. The number of ether oxygens (including phenoxy) is 1. The molecule has 6 heteroatoms. The van der Waals surface area contributed by atoms with Gasteiger partial charge in [-0.1, -0.05) is 18.2 Å². The van der Waals surface area contributed by atoms with E-state index in [1.54, 1.807) is 0 Å².